The molecule has 1 saturated heterocycles. The van der Waals surface area contributed by atoms with Gasteiger partial charge in [0.25, 0.3) is 0 Å². The zero-order valence-electron chi connectivity index (χ0n) is 9.07. The van der Waals surface area contributed by atoms with Gasteiger partial charge in [-0.15, -0.1) is 0 Å². The van der Waals surface area contributed by atoms with Gasteiger partial charge in [0.1, 0.15) is 0 Å². The van der Waals surface area contributed by atoms with Crippen LogP contribution in [0.4, 0.5) is 4.79 Å². The highest BCUT2D eigenvalue weighted by Gasteiger charge is 2.22. The van der Waals surface area contributed by atoms with E-state index < -0.39 is 0 Å². The molecule has 2 amide bonds. The summed E-state index contributed by atoms with van der Waals surface area (Å²) in [7, 11) is 0. The largest absolute Gasteiger partial charge is 0.450 e. The second-order valence-corrected chi connectivity index (χ2v) is 3.62. The lowest BCUT2D eigenvalue weighted by Gasteiger charge is -2.23. The predicted molar refractivity (Wildman–Crippen MR) is 55.4 cm³/mol. The molecular formula is C10H18N2O3. The van der Waals surface area contributed by atoms with Crippen LogP contribution in [0.25, 0.3) is 0 Å². The van der Waals surface area contributed by atoms with Crippen LogP contribution in [0.1, 0.15) is 26.2 Å². The quantitative estimate of drug-likeness (QED) is 0.705. The number of carbonyl (C=O) groups is 2. The minimum Gasteiger partial charge on any atom is -0.450 e. The summed E-state index contributed by atoms with van der Waals surface area (Å²) in [5.74, 6) is 0. The Bertz CT molecular complexity index is 221. The molecule has 0 spiro atoms. The summed E-state index contributed by atoms with van der Waals surface area (Å²) in [6.07, 6.45) is 3.34. The van der Waals surface area contributed by atoms with Gasteiger partial charge in [-0.05, 0) is 26.2 Å². The van der Waals surface area contributed by atoms with Crippen molar-refractivity contribution in [2.45, 2.75) is 32.2 Å². The van der Waals surface area contributed by atoms with E-state index in [0.29, 0.717) is 19.6 Å². The third-order valence-electron chi connectivity index (χ3n) is 2.50. The maximum Gasteiger partial charge on any atom is 0.409 e. The number of likely N-dealkylation sites (tertiary alicyclic amines) is 1. The average molecular weight is 214 g/mol. The summed E-state index contributed by atoms with van der Waals surface area (Å²) in [6, 6.07) is 0.0643. The van der Waals surface area contributed by atoms with E-state index in [1.165, 1.54) is 0 Å². The van der Waals surface area contributed by atoms with Gasteiger partial charge in [-0.2, -0.15) is 0 Å². The molecule has 0 aromatic rings. The van der Waals surface area contributed by atoms with Crippen molar-refractivity contribution >= 4 is 12.5 Å². The van der Waals surface area contributed by atoms with Crippen LogP contribution in [0.15, 0.2) is 0 Å². The maximum absolute atomic E-state index is 11.5. The Morgan fingerprint density at radius 2 is 2.40 bits per heavy atom. The average Bonchev–Trinajstić information content (AvgIpc) is 2.44. The Labute approximate surface area is 89.8 Å². The molecule has 0 aromatic heterocycles. The van der Waals surface area contributed by atoms with E-state index >= 15 is 0 Å². The molecule has 1 aliphatic heterocycles. The molecule has 1 unspecified atom stereocenters. The Morgan fingerprint density at radius 3 is 3.07 bits per heavy atom. The van der Waals surface area contributed by atoms with Crippen LogP contribution < -0.4 is 5.32 Å². The molecule has 1 rings (SSSR count). The van der Waals surface area contributed by atoms with Crippen LogP contribution in [0.3, 0.4) is 0 Å². The second kappa shape index (κ2) is 6.27. The first-order valence-electron chi connectivity index (χ1n) is 5.39. The number of carbonyl (C=O) groups excluding carboxylic acids is 2. The monoisotopic (exact) mass is 214 g/mol. The summed E-state index contributed by atoms with van der Waals surface area (Å²) in [4.78, 5) is 23.5. The van der Waals surface area contributed by atoms with E-state index in [-0.39, 0.29) is 12.1 Å². The Balaban J connectivity index is 2.48. The van der Waals surface area contributed by atoms with Crippen LogP contribution in [-0.4, -0.2) is 43.1 Å². The first-order chi connectivity index (χ1) is 7.27. The van der Waals surface area contributed by atoms with Crippen LogP contribution in [0.5, 0.6) is 0 Å². The first-order valence-corrected chi connectivity index (χ1v) is 5.39. The van der Waals surface area contributed by atoms with E-state index in [4.69, 9.17) is 4.74 Å². The molecular weight excluding hydrogens is 196 g/mol. The van der Waals surface area contributed by atoms with E-state index in [0.717, 1.165) is 25.8 Å². The Morgan fingerprint density at radius 1 is 1.60 bits per heavy atom. The van der Waals surface area contributed by atoms with Gasteiger partial charge in [0.2, 0.25) is 6.41 Å². The predicted octanol–water partition coefficient (Wildman–Crippen LogP) is 0.743. The van der Waals surface area contributed by atoms with Crippen molar-refractivity contribution in [3.05, 3.63) is 0 Å². The van der Waals surface area contributed by atoms with E-state index in [1.807, 2.05) is 0 Å². The van der Waals surface area contributed by atoms with Crippen LogP contribution in [-0.2, 0) is 9.53 Å². The Kier molecular flexibility index (Phi) is 4.93. The standard InChI is InChI=1S/C10H18N2O3/c1-2-15-10(14)12-6-4-3-5-9(7-12)11-8-13/h8-9H,2-7H2,1H3,(H,11,13). The van der Waals surface area contributed by atoms with Gasteiger partial charge in [-0.3, -0.25) is 4.79 Å². The van der Waals surface area contributed by atoms with Gasteiger partial charge in [0, 0.05) is 19.1 Å². The summed E-state index contributed by atoms with van der Waals surface area (Å²) < 4.78 is 4.93. The van der Waals surface area contributed by atoms with Crippen molar-refractivity contribution in [3.63, 3.8) is 0 Å². The molecule has 1 N–H and O–H groups in total. The third kappa shape index (κ3) is 3.77. The number of nitrogens with one attached hydrogen (secondary N) is 1. The molecule has 0 aromatic carbocycles. The van der Waals surface area contributed by atoms with Gasteiger partial charge in [-0.25, -0.2) is 4.79 Å². The molecule has 5 nitrogen and oxygen atoms in total. The molecule has 0 saturated carbocycles. The molecule has 15 heavy (non-hydrogen) atoms. The molecule has 0 radical (unpaired) electrons. The van der Waals surface area contributed by atoms with Gasteiger partial charge < -0.3 is 15.0 Å². The van der Waals surface area contributed by atoms with Gasteiger partial charge in [-0.1, -0.05) is 0 Å². The molecule has 1 atom stereocenters. The smallest absolute Gasteiger partial charge is 0.409 e. The maximum atomic E-state index is 11.5. The Hall–Kier alpha value is -1.26. The fourth-order valence-electron chi connectivity index (χ4n) is 1.75. The van der Waals surface area contributed by atoms with E-state index in [9.17, 15) is 9.59 Å². The number of ether oxygens (including phenoxy) is 1. The van der Waals surface area contributed by atoms with Crippen molar-refractivity contribution < 1.29 is 14.3 Å². The molecule has 1 heterocycles. The van der Waals surface area contributed by atoms with Crippen molar-refractivity contribution in [2.75, 3.05) is 19.7 Å². The molecule has 0 aliphatic carbocycles. The van der Waals surface area contributed by atoms with E-state index in [1.54, 1.807) is 11.8 Å². The molecule has 86 valence electrons. The molecule has 1 aliphatic rings. The van der Waals surface area contributed by atoms with Crippen molar-refractivity contribution in [2.24, 2.45) is 0 Å². The van der Waals surface area contributed by atoms with Gasteiger partial charge >= 0.3 is 6.09 Å². The summed E-state index contributed by atoms with van der Waals surface area (Å²) in [6.45, 7) is 3.45. The number of hydrogen-bond donors (Lipinski definition) is 1. The number of amides is 2. The van der Waals surface area contributed by atoms with Crippen LogP contribution in [0, 0.1) is 0 Å². The first kappa shape index (κ1) is 11.8. The summed E-state index contributed by atoms with van der Waals surface area (Å²) >= 11 is 0. The summed E-state index contributed by atoms with van der Waals surface area (Å²) in [5, 5.41) is 2.72. The fraction of sp³-hybridized carbons (Fsp3) is 0.800. The minimum absolute atomic E-state index is 0.0643. The normalized spacial score (nSPS) is 21.7. The second-order valence-electron chi connectivity index (χ2n) is 3.62. The summed E-state index contributed by atoms with van der Waals surface area (Å²) in [5.41, 5.74) is 0. The third-order valence-corrected chi connectivity index (χ3v) is 2.50. The van der Waals surface area contributed by atoms with Crippen molar-refractivity contribution in [1.82, 2.24) is 10.2 Å². The highest BCUT2D eigenvalue weighted by atomic mass is 16.6. The number of rotatable bonds is 3. The lowest BCUT2D eigenvalue weighted by Crippen LogP contribution is -2.42. The van der Waals surface area contributed by atoms with Crippen molar-refractivity contribution in [3.8, 4) is 0 Å². The van der Waals surface area contributed by atoms with Gasteiger partial charge in [0.15, 0.2) is 0 Å². The zero-order chi connectivity index (χ0) is 11.1. The van der Waals surface area contributed by atoms with Crippen molar-refractivity contribution in [1.29, 1.82) is 0 Å². The van der Waals surface area contributed by atoms with E-state index in [2.05, 4.69) is 5.32 Å². The lowest BCUT2D eigenvalue weighted by molar-refractivity contribution is -0.110. The number of hydrogen-bond acceptors (Lipinski definition) is 3. The fourth-order valence-corrected chi connectivity index (χ4v) is 1.75. The minimum atomic E-state index is -0.280. The van der Waals surface area contributed by atoms with Crippen LogP contribution in [0.2, 0.25) is 0 Å². The van der Waals surface area contributed by atoms with Crippen LogP contribution >= 0.6 is 0 Å². The highest BCUT2D eigenvalue weighted by Crippen LogP contribution is 2.11. The zero-order valence-corrected chi connectivity index (χ0v) is 9.07. The topological polar surface area (TPSA) is 58.6 Å². The molecule has 5 heteroatoms. The molecule has 0 bridgehead atoms. The number of nitrogens with zero attached hydrogens (tertiary/aromatic N) is 1. The van der Waals surface area contributed by atoms with Gasteiger partial charge in [0.05, 0.1) is 6.61 Å². The lowest BCUT2D eigenvalue weighted by atomic mass is 10.1. The highest BCUT2D eigenvalue weighted by molar-refractivity contribution is 5.67. The SMILES string of the molecule is CCOC(=O)N1CCCCC(NC=O)C1. The molecule has 1 fully saturated rings.